The van der Waals surface area contributed by atoms with E-state index in [9.17, 15) is 0 Å². The maximum Gasteiger partial charge on any atom is 0.138 e. The van der Waals surface area contributed by atoms with Crippen LogP contribution in [0.1, 0.15) is 11.3 Å². The van der Waals surface area contributed by atoms with E-state index in [1.807, 2.05) is 60.0 Å². The highest BCUT2D eigenvalue weighted by atomic mass is 16.4. The van der Waals surface area contributed by atoms with E-state index in [-0.39, 0.29) is 0 Å². The summed E-state index contributed by atoms with van der Waals surface area (Å²) in [5.41, 5.74) is 4.56. The molecule has 2 heterocycles. The molecule has 94 valence electrons. The Morgan fingerprint density at radius 2 is 2.00 bits per heavy atom. The zero-order valence-electron chi connectivity index (χ0n) is 10.5. The molecule has 0 saturated carbocycles. The van der Waals surface area contributed by atoms with Crippen molar-refractivity contribution in [2.45, 2.75) is 6.92 Å². The molecular weight excluding hydrogens is 238 g/mol. The van der Waals surface area contributed by atoms with Crippen LogP contribution in [-0.2, 0) is 0 Å². The lowest BCUT2D eigenvalue weighted by Gasteiger charge is -1.99. The molecule has 0 saturated heterocycles. The molecule has 2 aromatic heterocycles. The predicted octanol–water partition coefficient (Wildman–Crippen LogP) is 3.12. The Bertz CT molecular complexity index is 745. The Morgan fingerprint density at radius 1 is 1.21 bits per heavy atom. The van der Waals surface area contributed by atoms with Crippen LogP contribution in [0.5, 0.6) is 0 Å². The monoisotopic (exact) mass is 251 g/mol. The number of fused-ring (bicyclic) bond motifs is 1. The molecule has 0 spiro atoms. The van der Waals surface area contributed by atoms with Gasteiger partial charge in [0.2, 0.25) is 0 Å². The van der Waals surface area contributed by atoms with E-state index in [4.69, 9.17) is 5.21 Å². The van der Waals surface area contributed by atoms with Crippen LogP contribution in [0.2, 0.25) is 0 Å². The van der Waals surface area contributed by atoms with E-state index in [2.05, 4.69) is 10.1 Å². The topological polar surface area (TPSA) is 49.9 Å². The summed E-state index contributed by atoms with van der Waals surface area (Å²) in [6.45, 7) is 2.02. The number of oxime groups is 1. The summed E-state index contributed by atoms with van der Waals surface area (Å²) < 4.78 is 1.91. The molecule has 0 bridgehead atoms. The van der Waals surface area contributed by atoms with Crippen LogP contribution < -0.4 is 0 Å². The van der Waals surface area contributed by atoms with Crippen LogP contribution in [0.3, 0.4) is 0 Å². The number of imidazole rings is 1. The summed E-state index contributed by atoms with van der Waals surface area (Å²) in [5.74, 6) is 0. The minimum Gasteiger partial charge on any atom is -0.411 e. The SMILES string of the molecule is Cc1ccn2c(C=NO)c(-c3ccccc3)nc2c1. The van der Waals surface area contributed by atoms with Gasteiger partial charge in [0.25, 0.3) is 0 Å². The second-order valence-corrected chi connectivity index (χ2v) is 4.39. The van der Waals surface area contributed by atoms with Gasteiger partial charge in [-0.25, -0.2) is 4.98 Å². The molecule has 3 aromatic rings. The lowest BCUT2D eigenvalue weighted by Crippen LogP contribution is -1.93. The third kappa shape index (κ3) is 1.97. The molecule has 1 N–H and O–H groups in total. The largest absolute Gasteiger partial charge is 0.411 e. The van der Waals surface area contributed by atoms with Crippen LogP contribution in [0, 0.1) is 6.92 Å². The van der Waals surface area contributed by atoms with Crippen LogP contribution in [0.15, 0.2) is 53.8 Å². The highest BCUT2D eigenvalue weighted by Crippen LogP contribution is 2.23. The molecule has 0 amide bonds. The van der Waals surface area contributed by atoms with Gasteiger partial charge in [0.15, 0.2) is 0 Å². The summed E-state index contributed by atoms with van der Waals surface area (Å²) >= 11 is 0. The molecule has 0 unspecified atom stereocenters. The van der Waals surface area contributed by atoms with Crippen molar-refractivity contribution < 1.29 is 5.21 Å². The number of hydrogen-bond donors (Lipinski definition) is 1. The zero-order chi connectivity index (χ0) is 13.2. The minimum atomic E-state index is 0.767. The lowest BCUT2D eigenvalue weighted by atomic mass is 10.1. The van der Waals surface area contributed by atoms with E-state index in [1.165, 1.54) is 6.21 Å². The highest BCUT2D eigenvalue weighted by Gasteiger charge is 2.12. The van der Waals surface area contributed by atoms with Crippen LogP contribution in [0.4, 0.5) is 0 Å². The summed E-state index contributed by atoms with van der Waals surface area (Å²) in [7, 11) is 0. The van der Waals surface area contributed by atoms with Gasteiger partial charge in [0.05, 0.1) is 17.6 Å². The van der Waals surface area contributed by atoms with Gasteiger partial charge in [-0.1, -0.05) is 35.5 Å². The summed E-state index contributed by atoms with van der Waals surface area (Å²) in [6, 6.07) is 13.9. The third-order valence-corrected chi connectivity index (χ3v) is 3.05. The van der Waals surface area contributed by atoms with E-state index < -0.39 is 0 Å². The fourth-order valence-corrected chi connectivity index (χ4v) is 2.15. The molecule has 4 heteroatoms. The fraction of sp³-hybridized carbons (Fsp3) is 0.0667. The minimum absolute atomic E-state index is 0.767. The van der Waals surface area contributed by atoms with E-state index >= 15 is 0 Å². The van der Waals surface area contributed by atoms with E-state index in [1.54, 1.807) is 0 Å². The Hall–Kier alpha value is -2.62. The van der Waals surface area contributed by atoms with Crippen molar-refractivity contribution in [1.29, 1.82) is 0 Å². The normalized spacial score (nSPS) is 11.4. The molecule has 0 aliphatic rings. The number of rotatable bonds is 2. The van der Waals surface area contributed by atoms with E-state index in [0.29, 0.717) is 0 Å². The van der Waals surface area contributed by atoms with Crippen LogP contribution >= 0.6 is 0 Å². The summed E-state index contributed by atoms with van der Waals surface area (Å²) in [6.07, 6.45) is 3.35. The first-order valence-corrected chi connectivity index (χ1v) is 6.01. The maximum absolute atomic E-state index is 8.85. The predicted molar refractivity (Wildman–Crippen MR) is 74.7 cm³/mol. The molecule has 19 heavy (non-hydrogen) atoms. The van der Waals surface area contributed by atoms with Crippen molar-refractivity contribution in [1.82, 2.24) is 9.38 Å². The molecule has 3 rings (SSSR count). The van der Waals surface area contributed by atoms with Crippen LogP contribution in [-0.4, -0.2) is 20.8 Å². The number of nitrogens with zero attached hydrogens (tertiary/aromatic N) is 3. The van der Waals surface area contributed by atoms with Crippen molar-refractivity contribution >= 4 is 11.9 Å². The molecule has 1 aromatic carbocycles. The number of pyridine rings is 1. The Labute approximate surface area is 110 Å². The summed E-state index contributed by atoms with van der Waals surface area (Å²) in [4.78, 5) is 4.62. The lowest BCUT2D eigenvalue weighted by molar-refractivity contribution is 0.321. The third-order valence-electron chi connectivity index (χ3n) is 3.05. The first-order valence-electron chi connectivity index (χ1n) is 6.01. The Morgan fingerprint density at radius 3 is 2.74 bits per heavy atom. The standard InChI is InChI=1S/C15H13N3O/c1-11-7-8-18-13(10-16-19)15(17-14(18)9-11)12-5-3-2-4-6-12/h2-10,19H,1H3. The molecule has 0 radical (unpaired) electrons. The molecule has 0 aliphatic carbocycles. The first-order chi connectivity index (χ1) is 9.29. The fourth-order valence-electron chi connectivity index (χ4n) is 2.15. The number of benzene rings is 1. The van der Waals surface area contributed by atoms with Gasteiger partial charge in [-0.15, -0.1) is 0 Å². The average Bonchev–Trinajstić information content (AvgIpc) is 2.78. The maximum atomic E-state index is 8.85. The molecule has 0 aliphatic heterocycles. The van der Waals surface area contributed by atoms with Gasteiger partial charge in [-0.2, -0.15) is 0 Å². The van der Waals surface area contributed by atoms with E-state index in [0.717, 1.165) is 28.2 Å². The van der Waals surface area contributed by atoms with Gasteiger partial charge < -0.3 is 5.21 Å². The zero-order valence-corrected chi connectivity index (χ0v) is 10.5. The Balaban J connectivity index is 2.32. The van der Waals surface area contributed by atoms with Gasteiger partial charge in [0.1, 0.15) is 5.65 Å². The highest BCUT2D eigenvalue weighted by molar-refractivity contribution is 5.88. The van der Waals surface area contributed by atoms with Crippen molar-refractivity contribution in [3.05, 3.63) is 59.9 Å². The quantitative estimate of drug-likeness (QED) is 0.432. The van der Waals surface area contributed by atoms with Gasteiger partial charge in [-0.3, -0.25) is 4.40 Å². The first kappa shape index (κ1) is 11.5. The van der Waals surface area contributed by atoms with Crippen LogP contribution in [0.25, 0.3) is 16.9 Å². The Kier molecular flexibility index (Phi) is 2.76. The number of aryl methyl sites for hydroxylation is 1. The number of hydrogen-bond acceptors (Lipinski definition) is 3. The number of aromatic nitrogens is 2. The van der Waals surface area contributed by atoms with Gasteiger partial charge >= 0.3 is 0 Å². The molecule has 0 atom stereocenters. The van der Waals surface area contributed by atoms with Crippen molar-refractivity contribution in [2.24, 2.45) is 5.16 Å². The van der Waals surface area contributed by atoms with Crippen molar-refractivity contribution in [2.75, 3.05) is 0 Å². The molecular formula is C15H13N3O. The molecule has 0 fully saturated rings. The average molecular weight is 251 g/mol. The second-order valence-electron chi connectivity index (χ2n) is 4.39. The summed E-state index contributed by atoms with van der Waals surface area (Å²) in [5, 5.41) is 12.0. The van der Waals surface area contributed by atoms with Crippen molar-refractivity contribution in [3.8, 4) is 11.3 Å². The van der Waals surface area contributed by atoms with Crippen molar-refractivity contribution in [3.63, 3.8) is 0 Å². The smallest absolute Gasteiger partial charge is 0.138 e. The van der Waals surface area contributed by atoms with Gasteiger partial charge in [0, 0.05) is 11.8 Å². The second kappa shape index (κ2) is 4.57. The molecule has 4 nitrogen and oxygen atoms in total. The van der Waals surface area contributed by atoms with Gasteiger partial charge in [-0.05, 0) is 24.6 Å².